The molecule has 17 heavy (non-hydrogen) atoms. The van der Waals surface area contributed by atoms with Crippen LogP contribution in [0.3, 0.4) is 0 Å². The summed E-state index contributed by atoms with van der Waals surface area (Å²) in [6.45, 7) is 0. The molecule has 2 rings (SSSR count). The average Bonchev–Trinajstić information content (AvgIpc) is 2.70. The first-order valence-electron chi connectivity index (χ1n) is 4.66. The topological polar surface area (TPSA) is 58.9 Å². The van der Waals surface area contributed by atoms with E-state index in [1.54, 1.807) is 18.2 Å². The molecule has 1 aromatic heterocycles. The van der Waals surface area contributed by atoms with Crippen LogP contribution in [-0.4, -0.2) is 23.9 Å². The highest BCUT2D eigenvalue weighted by Gasteiger charge is 2.17. The van der Waals surface area contributed by atoms with Crippen molar-refractivity contribution < 1.29 is 19.1 Å². The zero-order valence-corrected chi connectivity index (χ0v) is 9.62. The molecule has 1 N–H and O–H groups in total. The number of hydrogen-bond acceptors (Lipinski definition) is 4. The van der Waals surface area contributed by atoms with Gasteiger partial charge in [-0.3, -0.25) is 0 Å². The van der Waals surface area contributed by atoms with E-state index in [4.69, 9.17) is 5.11 Å². The maximum absolute atomic E-state index is 13.4. The van der Waals surface area contributed by atoms with Gasteiger partial charge < -0.3 is 9.94 Å². The number of benzene rings is 1. The molecule has 0 aliphatic rings. The van der Waals surface area contributed by atoms with Crippen molar-refractivity contribution in [3.63, 3.8) is 0 Å². The van der Waals surface area contributed by atoms with E-state index in [0.717, 1.165) is 11.3 Å². The minimum Gasteiger partial charge on any atom is -0.476 e. The van der Waals surface area contributed by atoms with Crippen LogP contribution in [0.5, 0.6) is 0 Å². The molecule has 88 valence electrons. The Labute approximate surface area is 99.9 Å². The summed E-state index contributed by atoms with van der Waals surface area (Å²) in [5, 5.41) is 13.0. The molecule has 0 unspecified atom stereocenters. The molecule has 1 aromatic carbocycles. The van der Waals surface area contributed by atoms with Gasteiger partial charge in [-0.2, -0.15) is 0 Å². The third-order valence-corrected chi connectivity index (χ3v) is 3.28. The predicted molar refractivity (Wildman–Crippen MR) is 63.0 cm³/mol. The van der Waals surface area contributed by atoms with Gasteiger partial charge in [-0.15, -0.1) is 11.3 Å². The fraction of sp³-hybridized carbons (Fsp3) is 0.0909. The van der Waals surface area contributed by atoms with Gasteiger partial charge in [0.2, 0.25) is 5.71 Å². The van der Waals surface area contributed by atoms with Gasteiger partial charge in [-0.05, 0) is 17.5 Å². The van der Waals surface area contributed by atoms with Crippen LogP contribution < -0.4 is 0 Å². The van der Waals surface area contributed by atoms with Gasteiger partial charge in [-0.25, -0.2) is 9.18 Å². The molecule has 0 aliphatic carbocycles. The normalized spacial score (nSPS) is 11.8. The third kappa shape index (κ3) is 2.12. The highest BCUT2D eigenvalue weighted by atomic mass is 32.1. The summed E-state index contributed by atoms with van der Waals surface area (Å²) in [5.74, 6) is -1.58. The van der Waals surface area contributed by atoms with E-state index in [-0.39, 0.29) is 11.5 Å². The van der Waals surface area contributed by atoms with E-state index in [1.807, 2.05) is 0 Å². The SMILES string of the molecule is CO/N=C(/C(=O)O)c1cc2cccc(F)c2s1. The summed E-state index contributed by atoms with van der Waals surface area (Å²) in [7, 11) is 1.26. The Morgan fingerprint density at radius 1 is 1.53 bits per heavy atom. The summed E-state index contributed by atoms with van der Waals surface area (Å²) in [6.07, 6.45) is 0. The van der Waals surface area contributed by atoms with Gasteiger partial charge in [0.25, 0.3) is 0 Å². The second-order valence-corrected chi connectivity index (χ2v) is 4.25. The number of nitrogens with zero attached hydrogens (tertiary/aromatic N) is 1. The number of carboxylic acid groups (broad SMARTS) is 1. The second kappa shape index (κ2) is 4.50. The van der Waals surface area contributed by atoms with Crippen molar-refractivity contribution in [2.45, 2.75) is 0 Å². The standard InChI is InChI=1S/C11H8FNO3S/c1-16-13-9(11(14)15)8-5-6-3-2-4-7(12)10(6)17-8/h2-5H,1H3,(H,14,15)/b13-9+. The Morgan fingerprint density at radius 3 is 2.88 bits per heavy atom. The van der Waals surface area contributed by atoms with E-state index in [9.17, 15) is 9.18 Å². The number of carboxylic acids is 1. The minimum atomic E-state index is -1.21. The molecule has 0 atom stereocenters. The summed E-state index contributed by atoms with van der Waals surface area (Å²) in [6, 6.07) is 6.19. The molecule has 2 aromatic rings. The van der Waals surface area contributed by atoms with Crippen molar-refractivity contribution in [3.8, 4) is 0 Å². The number of hydrogen-bond donors (Lipinski definition) is 1. The molecule has 0 fully saturated rings. The Balaban J connectivity index is 2.60. The number of rotatable bonds is 3. The lowest BCUT2D eigenvalue weighted by Gasteiger charge is -1.95. The molecule has 0 aliphatic heterocycles. The molecule has 0 amide bonds. The number of halogens is 1. The van der Waals surface area contributed by atoms with Gasteiger partial charge in [0, 0.05) is 0 Å². The van der Waals surface area contributed by atoms with Gasteiger partial charge in [0.15, 0.2) is 0 Å². The van der Waals surface area contributed by atoms with Crippen LogP contribution in [0.25, 0.3) is 10.1 Å². The van der Waals surface area contributed by atoms with Crippen LogP contribution in [0, 0.1) is 5.82 Å². The van der Waals surface area contributed by atoms with Gasteiger partial charge in [-0.1, -0.05) is 17.3 Å². The molecule has 0 saturated carbocycles. The largest absolute Gasteiger partial charge is 0.476 e. The monoisotopic (exact) mass is 253 g/mol. The summed E-state index contributed by atoms with van der Waals surface area (Å²) >= 11 is 1.03. The fourth-order valence-electron chi connectivity index (χ4n) is 1.42. The van der Waals surface area contributed by atoms with Gasteiger partial charge >= 0.3 is 5.97 Å². The predicted octanol–water partition coefficient (Wildman–Crippen LogP) is 2.48. The third-order valence-electron chi connectivity index (χ3n) is 2.11. The smallest absolute Gasteiger partial charge is 0.359 e. The Kier molecular flexibility index (Phi) is 3.06. The number of oxime groups is 1. The first kappa shape index (κ1) is 11.5. The number of carbonyl (C=O) groups is 1. The van der Waals surface area contributed by atoms with Crippen LogP contribution >= 0.6 is 11.3 Å². The average molecular weight is 253 g/mol. The van der Waals surface area contributed by atoms with Crippen LogP contribution in [0.1, 0.15) is 4.88 Å². The lowest BCUT2D eigenvalue weighted by molar-refractivity contribution is -0.129. The minimum absolute atomic E-state index is 0.229. The number of fused-ring (bicyclic) bond motifs is 1. The van der Waals surface area contributed by atoms with Crippen LogP contribution in [0.2, 0.25) is 0 Å². The molecule has 0 saturated heterocycles. The lowest BCUT2D eigenvalue weighted by atomic mass is 10.2. The summed E-state index contributed by atoms with van der Waals surface area (Å²) < 4.78 is 13.9. The van der Waals surface area contributed by atoms with Crippen molar-refractivity contribution >= 4 is 33.1 Å². The fourth-order valence-corrected chi connectivity index (χ4v) is 2.46. The molecular weight excluding hydrogens is 245 g/mol. The van der Waals surface area contributed by atoms with E-state index < -0.39 is 5.97 Å². The summed E-state index contributed by atoms with van der Waals surface area (Å²) in [4.78, 5) is 15.8. The van der Waals surface area contributed by atoms with Crippen molar-refractivity contribution in [1.29, 1.82) is 0 Å². The van der Waals surface area contributed by atoms with E-state index in [2.05, 4.69) is 9.99 Å². The zero-order chi connectivity index (χ0) is 12.4. The molecule has 6 heteroatoms. The van der Waals surface area contributed by atoms with E-state index in [0.29, 0.717) is 15.0 Å². The van der Waals surface area contributed by atoms with Crippen molar-refractivity contribution in [1.82, 2.24) is 0 Å². The molecule has 0 bridgehead atoms. The second-order valence-electron chi connectivity index (χ2n) is 3.20. The van der Waals surface area contributed by atoms with Crippen LogP contribution in [0.4, 0.5) is 4.39 Å². The van der Waals surface area contributed by atoms with E-state index >= 15 is 0 Å². The van der Waals surface area contributed by atoms with Gasteiger partial charge in [0.05, 0.1) is 9.58 Å². The Morgan fingerprint density at radius 2 is 2.29 bits per heavy atom. The van der Waals surface area contributed by atoms with Crippen LogP contribution in [-0.2, 0) is 9.63 Å². The first-order valence-corrected chi connectivity index (χ1v) is 5.48. The first-order chi connectivity index (χ1) is 8.13. The van der Waals surface area contributed by atoms with Crippen LogP contribution in [0.15, 0.2) is 29.4 Å². The Hall–Kier alpha value is -1.95. The molecule has 4 nitrogen and oxygen atoms in total. The zero-order valence-electron chi connectivity index (χ0n) is 8.81. The van der Waals surface area contributed by atoms with Crippen molar-refractivity contribution in [2.24, 2.45) is 5.16 Å². The molecule has 0 spiro atoms. The number of aliphatic carboxylic acids is 1. The Bertz CT molecular complexity index is 606. The lowest BCUT2D eigenvalue weighted by Crippen LogP contribution is -2.13. The highest BCUT2D eigenvalue weighted by molar-refractivity contribution is 7.21. The molecule has 0 radical (unpaired) electrons. The summed E-state index contributed by atoms with van der Waals surface area (Å²) in [5.41, 5.74) is -0.229. The maximum atomic E-state index is 13.4. The van der Waals surface area contributed by atoms with E-state index in [1.165, 1.54) is 13.2 Å². The van der Waals surface area contributed by atoms with Crippen molar-refractivity contribution in [3.05, 3.63) is 35.0 Å². The quantitative estimate of drug-likeness (QED) is 0.675. The highest BCUT2D eigenvalue weighted by Crippen LogP contribution is 2.28. The van der Waals surface area contributed by atoms with Crippen molar-refractivity contribution in [2.75, 3.05) is 7.11 Å². The number of thiophene rings is 1. The molecule has 1 heterocycles. The van der Waals surface area contributed by atoms with Gasteiger partial charge in [0.1, 0.15) is 12.9 Å². The maximum Gasteiger partial charge on any atom is 0.359 e. The molecular formula is C11H8FNO3S.